The lowest BCUT2D eigenvalue weighted by atomic mass is 10.3. The van der Waals surface area contributed by atoms with Crippen molar-refractivity contribution in [2.45, 2.75) is 13.8 Å². The Kier molecular flexibility index (Phi) is 4.76. The Balaban J connectivity index is 4.12. The lowest BCUT2D eigenvalue weighted by Gasteiger charge is -1.98. The molecule has 12 heavy (non-hydrogen) atoms. The minimum absolute atomic E-state index is 0.199. The number of carbonyl (C=O) groups excluding carboxylic acids is 2. The number of hydrogen-bond acceptors (Lipinski definition) is 4. The topological polar surface area (TPSA) is 52.6 Å². The van der Waals surface area contributed by atoms with Gasteiger partial charge in [-0.3, -0.25) is 4.79 Å². The Bertz CT molecular complexity index is 205. The molecule has 0 aromatic carbocycles. The number of methoxy groups -OCH3 is 1. The van der Waals surface area contributed by atoms with Crippen LogP contribution in [0, 0.1) is 0 Å². The predicted molar refractivity (Wildman–Crippen MR) is 42.4 cm³/mol. The van der Waals surface area contributed by atoms with Crippen LogP contribution in [0.25, 0.3) is 0 Å². The number of esters is 1. The van der Waals surface area contributed by atoms with Gasteiger partial charge in [0.2, 0.25) is 0 Å². The summed E-state index contributed by atoms with van der Waals surface area (Å²) in [4.78, 5) is 21.6. The number of carbonyl (C=O) groups is 2. The van der Waals surface area contributed by atoms with Gasteiger partial charge in [-0.15, -0.1) is 0 Å². The van der Waals surface area contributed by atoms with Crippen molar-refractivity contribution in [3.05, 3.63) is 11.8 Å². The number of ether oxygens (including phenoxy) is 2. The van der Waals surface area contributed by atoms with Crippen LogP contribution in [0.4, 0.5) is 0 Å². The first-order valence-electron chi connectivity index (χ1n) is 3.55. The molecule has 0 heterocycles. The van der Waals surface area contributed by atoms with E-state index in [0.29, 0.717) is 5.76 Å². The lowest BCUT2D eigenvalue weighted by molar-refractivity contribution is -0.151. The summed E-state index contributed by atoms with van der Waals surface area (Å²) in [6.45, 7) is 3.42. The van der Waals surface area contributed by atoms with Gasteiger partial charge in [0.25, 0.3) is 5.78 Å². The summed E-state index contributed by atoms with van der Waals surface area (Å²) in [5.41, 5.74) is 0. The van der Waals surface area contributed by atoms with E-state index in [1.54, 1.807) is 13.8 Å². The monoisotopic (exact) mass is 172 g/mol. The molecule has 0 unspecified atom stereocenters. The highest BCUT2D eigenvalue weighted by Gasteiger charge is 2.11. The average Bonchev–Trinajstić information content (AvgIpc) is 2.04. The van der Waals surface area contributed by atoms with Gasteiger partial charge in [-0.2, -0.15) is 0 Å². The molecule has 0 fully saturated rings. The molecule has 0 N–H and O–H groups in total. The Morgan fingerprint density at radius 3 is 2.42 bits per heavy atom. The molecule has 0 radical (unpaired) electrons. The van der Waals surface area contributed by atoms with Crippen LogP contribution in [0.15, 0.2) is 11.8 Å². The number of allylic oxidation sites excluding steroid dienone is 1. The van der Waals surface area contributed by atoms with Crippen LogP contribution in [-0.2, 0) is 19.1 Å². The summed E-state index contributed by atoms with van der Waals surface area (Å²) in [5, 5.41) is 0. The number of hydrogen-bond donors (Lipinski definition) is 0. The zero-order valence-corrected chi connectivity index (χ0v) is 7.42. The van der Waals surface area contributed by atoms with E-state index in [0.717, 1.165) is 6.08 Å². The molecule has 0 spiro atoms. The highest BCUT2D eigenvalue weighted by Crippen LogP contribution is 1.93. The summed E-state index contributed by atoms with van der Waals surface area (Å²) in [6.07, 6.45) is 1.10. The summed E-state index contributed by atoms with van der Waals surface area (Å²) in [7, 11) is 1.42. The first kappa shape index (κ1) is 10.7. The van der Waals surface area contributed by atoms with Gasteiger partial charge in [0.15, 0.2) is 0 Å². The zero-order valence-electron chi connectivity index (χ0n) is 7.42. The Morgan fingerprint density at radius 1 is 1.42 bits per heavy atom. The lowest BCUT2D eigenvalue weighted by Crippen LogP contribution is -2.15. The van der Waals surface area contributed by atoms with Gasteiger partial charge in [-0.1, -0.05) is 0 Å². The maximum Gasteiger partial charge on any atom is 0.379 e. The highest BCUT2D eigenvalue weighted by atomic mass is 16.5. The van der Waals surface area contributed by atoms with E-state index in [2.05, 4.69) is 9.47 Å². The SMILES string of the molecule is CCOC(=O)C(=O)C=C(C)OC. The molecule has 0 aliphatic carbocycles. The molecule has 0 amide bonds. The van der Waals surface area contributed by atoms with Crippen molar-refractivity contribution < 1.29 is 19.1 Å². The normalized spacial score (nSPS) is 10.8. The van der Waals surface area contributed by atoms with Crippen molar-refractivity contribution in [3.8, 4) is 0 Å². The molecule has 0 bridgehead atoms. The van der Waals surface area contributed by atoms with Crippen molar-refractivity contribution in [1.29, 1.82) is 0 Å². The molecular weight excluding hydrogens is 160 g/mol. The summed E-state index contributed by atoms with van der Waals surface area (Å²) in [6, 6.07) is 0. The molecule has 68 valence electrons. The third-order valence-electron chi connectivity index (χ3n) is 1.13. The van der Waals surface area contributed by atoms with E-state index in [1.807, 2.05) is 0 Å². The fraction of sp³-hybridized carbons (Fsp3) is 0.500. The smallest absolute Gasteiger partial charge is 0.379 e. The van der Waals surface area contributed by atoms with Gasteiger partial charge in [0.05, 0.1) is 19.5 Å². The van der Waals surface area contributed by atoms with Crippen molar-refractivity contribution in [1.82, 2.24) is 0 Å². The maximum atomic E-state index is 10.9. The molecule has 0 atom stereocenters. The van der Waals surface area contributed by atoms with Crippen LogP contribution in [-0.4, -0.2) is 25.5 Å². The largest absolute Gasteiger partial charge is 0.501 e. The second kappa shape index (κ2) is 5.35. The molecule has 0 aromatic rings. The van der Waals surface area contributed by atoms with E-state index >= 15 is 0 Å². The van der Waals surface area contributed by atoms with Gasteiger partial charge in [0, 0.05) is 6.08 Å². The fourth-order valence-corrected chi connectivity index (χ4v) is 0.505. The quantitative estimate of drug-likeness (QED) is 0.270. The van der Waals surface area contributed by atoms with Crippen molar-refractivity contribution >= 4 is 11.8 Å². The summed E-state index contributed by atoms with van der Waals surface area (Å²) in [5.74, 6) is -1.17. The first-order chi connectivity index (χ1) is 5.61. The first-order valence-corrected chi connectivity index (χ1v) is 3.55. The molecule has 4 heteroatoms. The van der Waals surface area contributed by atoms with Crippen LogP contribution >= 0.6 is 0 Å². The van der Waals surface area contributed by atoms with Crippen molar-refractivity contribution in [3.63, 3.8) is 0 Å². The van der Waals surface area contributed by atoms with E-state index in [-0.39, 0.29) is 6.61 Å². The minimum atomic E-state index is -0.853. The minimum Gasteiger partial charge on any atom is -0.501 e. The van der Waals surface area contributed by atoms with Crippen LogP contribution < -0.4 is 0 Å². The van der Waals surface area contributed by atoms with Crippen molar-refractivity contribution in [2.75, 3.05) is 13.7 Å². The molecule has 0 aliphatic rings. The summed E-state index contributed by atoms with van der Waals surface area (Å²) < 4.78 is 9.14. The number of ketones is 1. The third-order valence-corrected chi connectivity index (χ3v) is 1.13. The van der Waals surface area contributed by atoms with Gasteiger partial charge < -0.3 is 9.47 Å². The van der Waals surface area contributed by atoms with Gasteiger partial charge in [-0.25, -0.2) is 4.79 Å². The number of rotatable bonds is 4. The van der Waals surface area contributed by atoms with Crippen LogP contribution in [0.2, 0.25) is 0 Å². The third kappa shape index (κ3) is 3.75. The fourth-order valence-electron chi connectivity index (χ4n) is 0.505. The molecule has 0 aliphatic heterocycles. The van der Waals surface area contributed by atoms with E-state index in [9.17, 15) is 9.59 Å². The van der Waals surface area contributed by atoms with Gasteiger partial charge >= 0.3 is 5.97 Å². The predicted octanol–water partition coefficient (Wildman–Crippen LogP) is 0.669. The zero-order chi connectivity index (χ0) is 9.56. The van der Waals surface area contributed by atoms with Crippen LogP contribution in [0.1, 0.15) is 13.8 Å². The average molecular weight is 172 g/mol. The molecule has 0 aromatic heterocycles. The highest BCUT2D eigenvalue weighted by molar-refractivity contribution is 6.38. The van der Waals surface area contributed by atoms with E-state index in [1.165, 1.54) is 7.11 Å². The van der Waals surface area contributed by atoms with E-state index < -0.39 is 11.8 Å². The van der Waals surface area contributed by atoms with Crippen LogP contribution in [0.3, 0.4) is 0 Å². The molecular formula is C8H12O4. The maximum absolute atomic E-state index is 10.9. The molecule has 0 saturated carbocycles. The Hall–Kier alpha value is -1.32. The second-order valence-corrected chi connectivity index (χ2v) is 2.04. The van der Waals surface area contributed by atoms with Crippen molar-refractivity contribution in [2.24, 2.45) is 0 Å². The van der Waals surface area contributed by atoms with Gasteiger partial charge in [-0.05, 0) is 13.8 Å². The second-order valence-electron chi connectivity index (χ2n) is 2.04. The van der Waals surface area contributed by atoms with Crippen LogP contribution in [0.5, 0.6) is 0 Å². The Labute approximate surface area is 71.2 Å². The molecule has 0 saturated heterocycles. The standard InChI is InChI=1S/C8H12O4/c1-4-12-8(10)7(9)5-6(2)11-3/h5H,4H2,1-3H3. The summed E-state index contributed by atoms with van der Waals surface area (Å²) >= 11 is 0. The molecule has 4 nitrogen and oxygen atoms in total. The van der Waals surface area contributed by atoms with E-state index in [4.69, 9.17) is 0 Å². The van der Waals surface area contributed by atoms with Gasteiger partial charge in [0.1, 0.15) is 0 Å². The molecule has 0 rings (SSSR count). The Morgan fingerprint density at radius 2 is 2.00 bits per heavy atom.